The molecule has 3 aromatic carbocycles. The van der Waals surface area contributed by atoms with Crippen molar-refractivity contribution in [3.63, 3.8) is 0 Å². The van der Waals surface area contributed by atoms with Crippen LogP contribution in [-0.4, -0.2) is 18.9 Å². The van der Waals surface area contributed by atoms with E-state index in [2.05, 4.69) is 5.32 Å². The van der Waals surface area contributed by atoms with Gasteiger partial charge in [-0.15, -0.1) is 0 Å². The second-order valence-electron chi connectivity index (χ2n) is 6.60. The van der Waals surface area contributed by atoms with Gasteiger partial charge < -0.3 is 10.1 Å². The van der Waals surface area contributed by atoms with Gasteiger partial charge in [0.1, 0.15) is 17.3 Å². The van der Waals surface area contributed by atoms with Crippen LogP contribution in [0, 0.1) is 17.5 Å². The summed E-state index contributed by atoms with van der Waals surface area (Å²) in [4.78, 5) is 27.2. The molecule has 0 bridgehead atoms. The number of methoxy groups -OCH3 is 1. The molecule has 0 saturated heterocycles. The van der Waals surface area contributed by atoms with E-state index in [1.165, 1.54) is 31.4 Å². The molecular formula is C23H15F3N2O3. The number of imide groups is 1. The second kappa shape index (κ2) is 7.98. The lowest BCUT2D eigenvalue weighted by molar-refractivity contribution is -0.120. The molecule has 1 aliphatic heterocycles. The van der Waals surface area contributed by atoms with Crippen molar-refractivity contribution in [1.82, 2.24) is 0 Å². The monoisotopic (exact) mass is 424 g/mol. The summed E-state index contributed by atoms with van der Waals surface area (Å²) < 4.78 is 46.7. The number of para-hydroxylation sites is 2. The lowest BCUT2D eigenvalue weighted by atomic mass is 10.0. The summed E-state index contributed by atoms with van der Waals surface area (Å²) in [6.07, 6.45) is 0. The van der Waals surface area contributed by atoms with Gasteiger partial charge in [0, 0.05) is 17.3 Å². The molecule has 1 heterocycles. The van der Waals surface area contributed by atoms with Gasteiger partial charge >= 0.3 is 0 Å². The van der Waals surface area contributed by atoms with E-state index in [0.29, 0.717) is 10.6 Å². The van der Waals surface area contributed by atoms with E-state index >= 15 is 0 Å². The molecule has 3 aromatic rings. The number of ether oxygens (including phenoxy) is 1. The van der Waals surface area contributed by atoms with E-state index in [1.807, 2.05) is 0 Å². The number of hydrogen-bond donors (Lipinski definition) is 1. The van der Waals surface area contributed by atoms with Crippen molar-refractivity contribution in [2.24, 2.45) is 0 Å². The van der Waals surface area contributed by atoms with E-state index in [-0.39, 0.29) is 28.2 Å². The molecule has 2 amide bonds. The summed E-state index contributed by atoms with van der Waals surface area (Å²) in [5.41, 5.74) is -0.212. The van der Waals surface area contributed by atoms with Crippen molar-refractivity contribution in [3.05, 3.63) is 95.4 Å². The average Bonchev–Trinajstić information content (AvgIpc) is 3.00. The van der Waals surface area contributed by atoms with Crippen LogP contribution in [0.15, 0.2) is 72.4 Å². The number of halogens is 3. The Morgan fingerprint density at radius 1 is 0.806 bits per heavy atom. The van der Waals surface area contributed by atoms with Gasteiger partial charge in [0.25, 0.3) is 11.8 Å². The smallest absolute Gasteiger partial charge is 0.282 e. The summed E-state index contributed by atoms with van der Waals surface area (Å²) >= 11 is 0. The Morgan fingerprint density at radius 3 is 2.23 bits per heavy atom. The zero-order chi connectivity index (χ0) is 22.1. The first-order chi connectivity index (χ1) is 14.9. The molecule has 0 spiro atoms. The van der Waals surface area contributed by atoms with E-state index in [9.17, 15) is 22.8 Å². The van der Waals surface area contributed by atoms with Gasteiger partial charge in [-0.1, -0.05) is 30.3 Å². The van der Waals surface area contributed by atoms with Crippen molar-refractivity contribution in [2.45, 2.75) is 0 Å². The Bertz CT molecular complexity index is 1240. The fourth-order valence-electron chi connectivity index (χ4n) is 3.32. The van der Waals surface area contributed by atoms with Crippen LogP contribution < -0.4 is 15.0 Å². The molecule has 8 heteroatoms. The second-order valence-corrected chi connectivity index (χ2v) is 6.60. The van der Waals surface area contributed by atoms with E-state index in [1.54, 1.807) is 24.3 Å². The summed E-state index contributed by atoms with van der Waals surface area (Å²) in [5.74, 6) is -4.29. The Hall–Kier alpha value is -4.07. The number of benzene rings is 3. The number of amides is 2. The Labute approximate surface area is 175 Å². The van der Waals surface area contributed by atoms with Crippen LogP contribution in [0.3, 0.4) is 0 Å². The quantitative estimate of drug-likeness (QED) is 0.613. The van der Waals surface area contributed by atoms with Crippen LogP contribution in [0.25, 0.3) is 5.57 Å². The van der Waals surface area contributed by atoms with Gasteiger partial charge in [0.15, 0.2) is 11.6 Å². The van der Waals surface area contributed by atoms with Crippen LogP contribution >= 0.6 is 0 Å². The number of carbonyl (C=O) groups is 2. The minimum Gasteiger partial charge on any atom is -0.496 e. The lowest BCUT2D eigenvalue weighted by Gasteiger charge is -2.16. The third kappa shape index (κ3) is 3.52. The Balaban J connectivity index is 1.88. The standard InChI is InChI=1S/C23H15F3N2O3/c1-31-19-9-5-2-6-14(19)20-21(27-13-10-11-15(24)17(26)12-13)23(30)28(22(20)29)18-8-4-3-7-16(18)25/h2-12,27H,1H3. The van der Waals surface area contributed by atoms with Crippen molar-refractivity contribution in [1.29, 1.82) is 0 Å². The van der Waals surface area contributed by atoms with Gasteiger partial charge in [-0.25, -0.2) is 18.1 Å². The predicted molar refractivity (Wildman–Crippen MR) is 109 cm³/mol. The molecule has 156 valence electrons. The average molecular weight is 424 g/mol. The van der Waals surface area contributed by atoms with Crippen molar-refractivity contribution >= 4 is 28.8 Å². The first kappa shape index (κ1) is 20.2. The number of rotatable bonds is 5. The molecule has 1 aliphatic rings. The molecule has 0 radical (unpaired) electrons. The number of carbonyl (C=O) groups excluding carboxylic acids is 2. The van der Waals surface area contributed by atoms with Crippen molar-refractivity contribution in [2.75, 3.05) is 17.3 Å². The Morgan fingerprint density at radius 2 is 1.52 bits per heavy atom. The normalized spacial score (nSPS) is 13.7. The molecule has 0 unspecified atom stereocenters. The third-order valence-electron chi connectivity index (χ3n) is 4.74. The zero-order valence-electron chi connectivity index (χ0n) is 16.2. The third-order valence-corrected chi connectivity index (χ3v) is 4.74. The summed E-state index contributed by atoms with van der Waals surface area (Å²) in [6.45, 7) is 0. The first-order valence-electron chi connectivity index (χ1n) is 9.15. The van der Waals surface area contributed by atoms with Gasteiger partial charge in [0.05, 0.1) is 18.4 Å². The highest BCUT2D eigenvalue weighted by molar-refractivity contribution is 6.46. The number of hydrogen-bond acceptors (Lipinski definition) is 4. The van der Waals surface area contributed by atoms with Crippen LogP contribution in [0.2, 0.25) is 0 Å². The summed E-state index contributed by atoms with van der Waals surface area (Å²) in [5, 5.41) is 2.69. The van der Waals surface area contributed by atoms with Gasteiger partial charge in [-0.05, 0) is 30.3 Å². The van der Waals surface area contributed by atoms with Crippen LogP contribution in [0.1, 0.15) is 5.56 Å². The van der Waals surface area contributed by atoms with E-state index in [0.717, 1.165) is 18.2 Å². The van der Waals surface area contributed by atoms with Crippen LogP contribution in [-0.2, 0) is 9.59 Å². The lowest BCUT2D eigenvalue weighted by Crippen LogP contribution is -2.33. The van der Waals surface area contributed by atoms with Gasteiger partial charge in [-0.2, -0.15) is 0 Å². The molecule has 0 saturated carbocycles. The summed E-state index contributed by atoms with van der Waals surface area (Å²) in [7, 11) is 1.40. The van der Waals surface area contributed by atoms with E-state index < -0.39 is 29.3 Å². The zero-order valence-corrected chi connectivity index (χ0v) is 16.2. The first-order valence-corrected chi connectivity index (χ1v) is 9.15. The topological polar surface area (TPSA) is 58.6 Å². The number of anilines is 2. The maximum Gasteiger partial charge on any atom is 0.282 e. The molecule has 1 N–H and O–H groups in total. The number of nitrogens with zero attached hydrogens (tertiary/aromatic N) is 1. The van der Waals surface area contributed by atoms with Crippen LogP contribution in [0.4, 0.5) is 24.5 Å². The maximum atomic E-state index is 14.4. The van der Waals surface area contributed by atoms with Crippen molar-refractivity contribution < 1.29 is 27.5 Å². The highest BCUT2D eigenvalue weighted by Crippen LogP contribution is 2.38. The fourth-order valence-corrected chi connectivity index (χ4v) is 3.32. The minimum absolute atomic E-state index is 0.0397. The fraction of sp³-hybridized carbons (Fsp3) is 0.0435. The molecule has 0 aromatic heterocycles. The summed E-state index contributed by atoms with van der Waals surface area (Å²) in [6, 6.07) is 14.8. The molecule has 0 aliphatic carbocycles. The maximum absolute atomic E-state index is 14.4. The molecule has 4 rings (SSSR count). The van der Waals surface area contributed by atoms with E-state index in [4.69, 9.17) is 4.74 Å². The predicted octanol–water partition coefficient (Wildman–Crippen LogP) is 4.51. The highest BCUT2D eigenvalue weighted by atomic mass is 19.2. The largest absolute Gasteiger partial charge is 0.496 e. The highest BCUT2D eigenvalue weighted by Gasteiger charge is 2.42. The van der Waals surface area contributed by atoms with Gasteiger partial charge in [0.2, 0.25) is 0 Å². The SMILES string of the molecule is COc1ccccc1C1=C(Nc2ccc(F)c(F)c2)C(=O)N(c2ccccc2F)C1=O. The number of nitrogens with one attached hydrogen (secondary N) is 1. The van der Waals surface area contributed by atoms with Gasteiger partial charge in [-0.3, -0.25) is 9.59 Å². The molecule has 0 fully saturated rings. The minimum atomic E-state index is -1.13. The molecular weight excluding hydrogens is 409 g/mol. The van der Waals surface area contributed by atoms with Crippen molar-refractivity contribution in [3.8, 4) is 5.75 Å². The Kier molecular flexibility index (Phi) is 5.21. The molecule has 5 nitrogen and oxygen atoms in total. The van der Waals surface area contributed by atoms with Crippen LogP contribution in [0.5, 0.6) is 5.75 Å². The molecule has 31 heavy (non-hydrogen) atoms. The molecule has 0 atom stereocenters.